The molecule has 1 saturated heterocycles. The Labute approximate surface area is 240 Å². The van der Waals surface area contributed by atoms with Gasteiger partial charge >= 0.3 is 0 Å². The molecule has 0 bridgehead atoms. The zero-order valence-corrected chi connectivity index (χ0v) is 23.8. The Morgan fingerprint density at radius 2 is 1.59 bits per heavy atom. The predicted octanol–water partition coefficient (Wildman–Crippen LogP) is 4.46. The van der Waals surface area contributed by atoms with E-state index in [0.717, 1.165) is 33.5 Å². The summed E-state index contributed by atoms with van der Waals surface area (Å²) in [7, 11) is 5.33. The number of aryl methyl sites for hydroxylation is 1. The van der Waals surface area contributed by atoms with Crippen LogP contribution in [0.3, 0.4) is 0 Å². The molecule has 3 heterocycles. The van der Waals surface area contributed by atoms with Crippen molar-refractivity contribution in [3.8, 4) is 5.75 Å². The summed E-state index contributed by atoms with van der Waals surface area (Å²) >= 11 is 0. The maximum atomic E-state index is 14.6. The zero-order chi connectivity index (χ0) is 28.5. The Balaban J connectivity index is 1.40. The highest BCUT2D eigenvalue weighted by Crippen LogP contribution is 2.46. The van der Waals surface area contributed by atoms with E-state index in [1.165, 1.54) is 0 Å². The minimum atomic E-state index is -0.538. The van der Waals surface area contributed by atoms with Gasteiger partial charge in [-0.2, -0.15) is 0 Å². The van der Waals surface area contributed by atoms with Gasteiger partial charge in [-0.15, -0.1) is 0 Å². The third kappa shape index (κ3) is 4.72. The zero-order valence-electron chi connectivity index (χ0n) is 23.8. The van der Waals surface area contributed by atoms with E-state index in [2.05, 4.69) is 33.9 Å². The Morgan fingerprint density at radius 3 is 2.37 bits per heavy atom. The van der Waals surface area contributed by atoms with Crippen molar-refractivity contribution in [3.63, 3.8) is 0 Å². The molecule has 2 amide bonds. The molecule has 4 aromatic rings. The van der Waals surface area contributed by atoms with E-state index in [-0.39, 0.29) is 11.8 Å². The average molecular weight is 553 g/mol. The Bertz CT molecular complexity index is 1570. The highest BCUT2D eigenvalue weighted by molar-refractivity contribution is 6.02. The number of fused-ring (bicyclic) bond motifs is 2. The molecular weight excluding hydrogens is 516 g/mol. The molecule has 0 saturated carbocycles. The maximum Gasteiger partial charge on any atom is 0.254 e. The predicted molar refractivity (Wildman–Crippen MR) is 160 cm³/mol. The minimum Gasteiger partial charge on any atom is -0.495 e. The number of anilines is 1. The van der Waals surface area contributed by atoms with Gasteiger partial charge in [0, 0.05) is 75.1 Å². The molecule has 1 fully saturated rings. The Hall–Kier alpha value is -4.30. The lowest BCUT2D eigenvalue weighted by Gasteiger charge is -2.44. The van der Waals surface area contributed by atoms with Crippen LogP contribution >= 0.6 is 0 Å². The standard InChI is InChI=1S/C33H36N4O4/c1-34-22-26(23-10-6-7-13-27(23)34)31-30(24-11-4-5-12-25(24)32(38)37(31)20-21-40-2)33(39)36-18-16-35(17-19-36)28-14-8-9-15-29(28)41-3/h4-15,22,30-31H,16-21H2,1-3H3/t30-,31-/m1/s1. The Morgan fingerprint density at radius 1 is 0.878 bits per heavy atom. The quantitative estimate of drug-likeness (QED) is 0.339. The summed E-state index contributed by atoms with van der Waals surface area (Å²) in [4.78, 5) is 34.7. The van der Waals surface area contributed by atoms with Crippen molar-refractivity contribution in [2.24, 2.45) is 7.05 Å². The lowest BCUT2D eigenvalue weighted by molar-refractivity contribution is -0.135. The van der Waals surface area contributed by atoms with Crippen molar-refractivity contribution in [3.05, 3.63) is 95.7 Å². The number of para-hydroxylation sites is 3. The first-order chi connectivity index (χ1) is 20.0. The molecule has 41 heavy (non-hydrogen) atoms. The molecule has 2 aliphatic rings. The van der Waals surface area contributed by atoms with E-state index < -0.39 is 12.0 Å². The van der Waals surface area contributed by atoms with Crippen LogP contribution in [0.15, 0.2) is 79.0 Å². The molecule has 0 unspecified atom stereocenters. The summed E-state index contributed by atoms with van der Waals surface area (Å²) in [5.41, 5.74) is 4.47. The van der Waals surface area contributed by atoms with Crippen molar-refractivity contribution in [2.75, 3.05) is 58.5 Å². The molecule has 212 valence electrons. The largest absolute Gasteiger partial charge is 0.495 e. The van der Waals surface area contributed by atoms with Crippen LogP contribution in [-0.2, 0) is 16.6 Å². The number of ether oxygens (including phenoxy) is 2. The van der Waals surface area contributed by atoms with Crippen LogP contribution in [0.25, 0.3) is 10.9 Å². The third-order valence-corrected chi connectivity index (χ3v) is 8.50. The highest BCUT2D eigenvalue weighted by atomic mass is 16.5. The van der Waals surface area contributed by atoms with E-state index in [0.29, 0.717) is 44.9 Å². The molecule has 1 aromatic heterocycles. The van der Waals surface area contributed by atoms with Gasteiger partial charge in [0.15, 0.2) is 0 Å². The molecule has 2 aliphatic heterocycles. The number of piperazine rings is 1. The monoisotopic (exact) mass is 552 g/mol. The third-order valence-electron chi connectivity index (χ3n) is 8.50. The van der Waals surface area contributed by atoms with E-state index in [4.69, 9.17) is 9.47 Å². The molecule has 8 nitrogen and oxygen atoms in total. The second-order valence-electron chi connectivity index (χ2n) is 10.7. The number of benzene rings is 3. The van der Waals surface area contributed by atoms with Gasteiger partial charge in [0.25, 0.3) is 5.91 Å². The first-order valence-electron chi connectivity index (χ1n) is 14.1. The van der Waals surface area contributed by atoms with E-state index >= 15 is 0 Å². The number of carbonyl (C=O) groups excluding carboxylic acids is 2. The van der Waals surface area contributed by atoms with Gasteiger partial charge in [-0.25, -0.2) is 0 Å². The van der Waals surface area contributed by atoms with E-state index in [1.54, 1.807) is 14.2 Å². The van der Waals surface area contributed by atoms with Gasteiger partial charge in [0.2, 0.25) is 5.91 Å². The van der Waals surface area contributed by atoms with Gasteiger partial charge in [-0.05, 0) is 29.8 Å². The molecular formula is C33H36N4O4. The number of rotatable bonds is 7. The first-order valence-corrected chi connectivity index (χ1v) is 14.1. The second kappa shape index (κ2) is 11.3. The molecule has 6 rings (SSSR count). The van der Waals surface area contributed by atoms with Crippen LogP contribution < -0.4 is 9.64 Å². The van der Waals surface area contributed by atoms with Crippen molar-refractivity contribution in [2.45, 2.75) is 12.0 Å². The minimum absolute atomic E-state index is 0.0463. The number of aromatic nitrogens is 1. The summed E-state index contributed by atoms with van der Waals surface area (Å²) < 4.78 is 13.1. The fourth-order valence-corrected chi connectivity index (χ4v) is 6.50. The van der Waals surface area contributed by atoms with Crippen LogP contribution in [0, 0.1) is 0 Å². The van der Waals surface area contributed by atoms with Gasteiger partial charge < -0.3 is 28.7 Å². The second-order valence-corrected chi connectivity index (χ2v) is 10.7. The highest BCUT2D eigenvalue weighted by Gasteiger charge is 2.46. The molecule has 0 spiro atoms. The summed E-state index contributed by atoms with van der Waals surface area (Å²) in [5, 5.41) is 1.05. The van der Waals surface area contributed by atoms with Crippen LogP contribution in [0.2, 0.25) is 0 Å². The number of nitrogens with zero attached hydrogens (tertiary/aromatic N) is 4. The molecule has 0 N–H and O–H groups in total. The van der Waals surface area contributed by atoms with Crippen molar-refractivity contribution in [1.29, 1.82) is 0 Å². The van der Waals surface area contributed by atoms with Gasteiger partial charge in [0.1, 0.15) is 5.75 Å². The summed E-state index contributed by atoms with van der Waals surface area (Å²) in [5.74, 6) is 0.270. The van der Waals surface area contributed by atoms with Crippen LogP contribution in [0.1, 0.15) is 33.4 Å². The van der Waals surface area contributed by atoms with Gasteiger partial charge in [-0.3, -0.25) is 9.59 Å². The van der Waals surface area contributed by atoms with Crippen molar-refractivity contribution >= 4 is 28.4 Å². The first kappa shape index (κ1) is 26.9. The number of hydrogen-bond donors (Lipinski definition) is 0. The molecule has 0 aliphatic carbocycles. The summed E-state index contributed by atoms with van der Waals surface area (Å²) in [6.07, 6.45) is 2.08. The maximum absolute atomic E-state index is 14.6. The molecule has 8 heteroatoms. The van der Waals surface area contributed by atoms with Gasteiger partial charge in [0.05, 0.1) is 31.4 Å². The molecule has 3 aromatic carbocycles. The smallest absolute Gasteiger partial charge is 0.254 e. The van der Waals surface area contributed by atoms with Crippen LogP contribution in [0.4, 0.5) is 5.69 Å². The lowest BCUT2D eigenvalue weighted by atomic mass is 9.78. The van der Waals surface area contributed by atoms with Crippen molar-refractivity contribution < 1.29 is 19.1 Å². The van der Waals surface area contributed by atoms with Crippen molar-refractivity contribution in [1.82, 2.24) is 14.4 Å². The van der Waals surface area contributed by atoms with E-state index in [1.807, 2.05) is 71.4 Å². The van der Waals surface area contributed by atoms with Crippen LogP contribution in [0.5, 0.6) is 5.75 Å². The van der Waals surface area contributed by atoms with Gasteiger partial charge in [-0.1, -0.05) is 48.5 Å². The Kier molecular flexibility index (Phi) is 7.41. The molecule has 2 atom stereocenters. The normalized spacial score (nSPS) is 19.0. The topological polar surface area (TPSA) is 67.2 Å². The van der Waals surface area contributed by atoms with Crippen LogP contribution in [-0.4, -0.2) is 79.7 Å². The number of methoxy groups -OCH3 is 2. The number of hydrogen-bond acceptors (Lipinski definition) is 5. The lowest BCUT2D eigenvalue weighted by Crippen LogP contribution is -2.53. The fourth-order valence-electron chi connectivity index (χ4n) is 6.50. The molecule has 0 radical (unpaired) electrons. The fraction of sp³-hybridized carbons (Fsp3) is 0.333. The number of carbonyl (C=O) groups is 2. The number of amides is 2. The SMILES string of the molecule is COCCN1C(=O)c2ccccc2[C@@H](C(=O)N2CCN(c3ccccc3OC)CC2)[C@H]1c1cn(C)c2ccccc12. The van der Waals surface area contributed by atoms with E-state index in [9.17, 15) is 9.59 Å². The average Bonchev–Trinajstić information content (AvgIpc) is 3.36. The summed E-state index contributed by atoms with van der Waals surface area (Å²) in [6, 6.07) is 23.3. The summed E-state index contributed by atoms with van der Waals surface area (Å²) in [6.45, 7) is 3.35.